The molecule has 0 spiro atoms. The van der Waals surface area contributed by atoms with Gasteiger partial charge in [-0.3, -0.25) is 0 Å². The number of ether oxygens (including phenoxy) is 2. The van der Waals surface area contributed by atoms with Crippen molar-refractivity contribution >= 4 is 11.4 Å². The zero-order valence-electron chi connectivity index (χ0n) is 11.3. The number of nitrogen functional groups attached to an aromatic ring is 1. The number of methoxy groups -OCH3 is 2. The summed E-state index contributed by atoms with van der Waals surface area (Å²) in [6, 6.07) is 7.40. The van der Waals surface area contributed by atoms with Gasteiger partial charge in [0.2, 0.25) is 0 Å². The first kappa shape index (κ1) is 13.1. The third-order valence-electron chi connectivity index (χ3n) is 2.92. The van der Waals surface area contributed by atoms with Crippen LogP contribution >= 0.6 is 0 Å². The maximum Gasteiger partial charge on any atom is 0.162 e. The molecule has 2 N–H and O–H groups in total. The van der Waals surface area contributed by atoms with Gasteiger partial charge in [-0.2, -0.15) is 0 Å². The molecule has 1 aromatic heterocycles. The van der Waals surface area contributed by atoms with Crippen LogP contribution in [0, 0.1) is 0 Å². The second kappa shape index (κ2) is 5.56. The number of benzene rings is 1. The molecule has 5 heteroatoms. The van der Waals surface area contributed by atoms with Crippen molar-refractivity contribution in [3.63, 3.8) is 0 Å². The number of hydrogen-bond donors (Lipinski definition) is 1. The van der Waals surface area contributed by atoms with E-state index in [0.717, 1.165) is 11.4 Å². The van der Waals surface area contributed by atoms with Crippen LogP contribution in [0.2, 0.25) is 0 Å². The lowest BCUT2D eigenvalue weighted by Gasteiger charge is -2.21. The second-order valence-corrected chi connectivity index (χ2v) is 4.20. The summed E-state index contributed by atoms with van der Waals surface area (Å²) < 4.78 is 15.8. The average Bonchev–Trinajstić information content (AvgIpc) is 2.90. The molecule has 0 atom stereocenters. The standard InChI is InChI=1S/C14H18N2O3/c1-16(9-10-5-4-6-19-10)12-8-14(18-3)13(17-2)7-11(12)15/h4-8H,9,15H2,1-3H3. The summed E-state index contributed by atoms with van der Waals surface area (Å²) in [5, 5.41) is 0. The highest BCUT2D eigenvalue weighted by Crippen LogP contribution is 2.36. The Morgan fingerprint density at radius 1 is 1.21 bits per heavy atom. The van der Waals surface area contributed by atoms with Crippen LogP contribution in [0.4, 0.5) is 11.4 Å². The molecule has 0 bridgehead atoms. The van der Waals surface area contributed by atoms with Gasteiger partial charge in [-0.05, 0) is 12.1 Å². The SMILES string of the molecule is COc1cc(N)c(N(C)Cc2ccco2)cc1OC. The van der Waals surface area contributed by atoms with Crippen LogP contribution in [0.15, 0.2) is 34.9 Å². The van der Waals surface area contributed by atoms with Gasteiger partial charge in [-0.25, -0.2) is 0 Å². The van der Waals surface area contributed by atoms with Crippen molar-refractivity contribution in [2.24, 2.45) is 0 Å². The summed E-state index contributed by atoms with van der Waals surface area (Å²) in [7, 11) is 5.13. The van der Waals surface area contributed by atoms with E-state index in [1.165, 1.54) is 0 Å². The number of furan rings is 1. The molecule has 1 aromatic carbocycles. The van der Waals surface area contributed by atoms with E-state index in [-0.39, 0.29) is 0 Å². The Morgan fingerprint density at radius 3 is 2.47 bits per heavy atom. The highest BCUT2D eigenvalue weighted by molar-refractivity contribution is 5.72. The lowest BCUT2D eigenvalue weighted by atomic mass is 10.2. The first-order chi connectivity index (χ1) is 9.15. The van der Waals surface area contributed by atoms with Crippen LogP contribution in [0.3, 0.4) is 0 Å². The fraction of sp³-hybridized carbons (Fsp3) is 0.286. The fourth-order valence-corrected chi connectivity index (χ4v) is 1.94. The molecule has 0 unspecified atom stereocenters. The number of rotatable bonds is 5. The fourth-order valence-electron chi connectivity index (χ4n) is 1.94. The summed E-state index contributed by atoms with van der Waals surface area (Å²) in [6.07, 6.45) is 1.65. The van der Waals surface area contributed by atoms with E-state index in [1.807, 2.05) is 30.1 Å². The molecular formula is C14H18N2O3. The minimum atomic E-state index is 0.621. The Kier molecular flexibility index (Phi) is 3.85. The minimum Gasteiger partial charge on any atom is -0.493 e. The predicted molar refractivity (Wildman–Crippen MR) is 74.8 cm³/mol. The smallest absolute Gasteiger partial charge is 0.162 e. The van der Waals surface area contributed by atoms with E-state index in [4.69, 9.17) is 19.6 Å². The van der Waals surface area contributed by atoms with Crippen molar-refractivity contribution in [2.45, 2.75) is 6.54 Å². The van der Waals surface area contributed by atoms with Gasteiger partial charge in [0.1, 0.15) is 5.76 Å². The monoisotopic (exact) mass is 262 g/mol. The normalized spacial score (nSPS) is 10.3. The summed E-state index contributed by atoms with van der Waals surface area (Å²) in [5.74, 6) is 2.14. The number of hydrogen-bond acceptors (Lipinski definition) is 5. The Morgan fingerprint density at radius 2 is 1.89 bits per heavy atom. The van der Waals surface area contributed by atoms with Crippen LogP contribution in [-0.4, -0.2) is 21.3 Å². The summed E-state index contributed by atoms with van der Waals surface area (Å²) >= 11 is 0. The number of nitrogens with two attached hydrogens (primary N) is 1. The Bertz CT molecular complexity index is 538. The minimum absolute atomic E-state index is 0.621. The van der Waals surface area contributed by atoms with Crippen LogP contribution < -0.4 is 20.1 Å². The molecule has 2 rings (SSSR count). The number of nitrogens with zero attached hydrogens (tertiary/aromatic N) is 1. The van der Waals surface area contributed by atoms with E-state index in [2.05, 4.69) is 0 Å². The molecular weight excluding hydrogens is 244 g/mol. The van der Waals surface area contributed by atoms with E-state index in [9.17, 15) is 0 Å². The van der Waals surface area contributed by atoms with Gasteiger partial charge >= 0.3 is 0 Å². The zero-order valence-corrected chi connectivity index (χ0v) is 11.3. The molecule has 0 amide bonds. The third-order valence-corrected chi connectivity index (χ3v) is 2.92. The maximum absolute atomic E-state index is 6.04. The van der Waals surface area contributed by atoms with E-state index in [1.54, 1.807) is 26.5 Å². The van der Waals surface area contributed by atoms with Crippen molar-refractivity contribution in [2.75, 3.05) is 31.9 Å². The molecule has 102 valence electrons. The van der Waals surface area contributed by atoms with Gasteiger partial charge in [0.25, 0.3) is 0 Å². The first-order valence-corrected chi connectivity index (χ1v) is 5.90. The van der Waals surface area contributed by atoms with Gasteiger partial charge in [0, 0.05) is 19.2 Å². The van der Waals surface area contributed by atoms with E-state index < -0.39 is 0 Å². The first-order valence-electron chi connectivity index (χ1n) is 5.90. The van der Waals surface area contributed by atoms with Crippen molar-refractivity contribution in [1.29, 1.82) is 0 Å². The molecule has 0 saturated heterocycles. The van der Waals surface area contributed by atoms with Gasteiger partial charge in [0.05, 0.1) is 38.4 Å². The highest BCUT2D eigenvalue weighted by Gasteiger charge is 2.13. The van der Waals surface area contributed by atoms with Crippen molar-refractivity contribution in [1.82, 2.24) is 0 Å². The summed E-state index contributed by atoms with van der Waals surface area (Å²) in [6.45, 7) is 0.632. The molecule has 1 heterocycles. The van der Waals surface area contributed by atoms with Crippen LogP contribution in [0.5, 0.6) is 11.5 Å². The number of anilines is 2. The molecule has 19 heavy (non-hydrogen) atoms. The quantitative estimate of drug-likeness (QED) is 0.839. The van der Waals surface area contributed by atoms with Gasteiger partial charge in [-0.15, -0.1) is 0 Å². The van der Waals surface area contributed by atoms with Gasteiger partial charge in [0.15, 0.2) is 11.5 Å². The van der Waals surface area contributed by atoms with Crippen molar-refractivity contribution < 1.29 is 13.9 Å². The largest absolute Gasteiger partial charge is 0.493 e. The van der Waals surface area contributed by atoms with Crippen LogP contribution in [0.1, 0.15) is 5.76 Å². The molecule has 0 aliphatic heterocycles. The van der Waals surface area contributed by atoms with E-state index in [0.29, 0.717) is 23.7 Å². The zero-order chi connectivity index (χ0) is 13.8. The average molecular weight is 262 g/mol. The summed E-state index contributed by atoms with van der Waals surface area (Å²) in [5.41, 5.74) is 7.54. The molecule has 0 fully saturated rings. The van der Waals surface area contributed by atoms with Crippen LogP contribution in [0.25, 0.3) is 0 Å². The highest BCUT2D eigenvalue weighted by atomic mass is 16.5. The molecule has 0 radical (unpaired) electrons. The van der Waals surface area contributed by atoms with Gasteiger partial charge in [-0.1, -0.05) is 0 Å². The van der Waals surface area contributed by atoms with Crippen molar-refractivity contribution in [3.8, 4) is 11.5 Å². The Labute approximate surface area is 112 Å². The Hall–Kier alpha value is -2.30. The second-order valence-electron chi connectivity index (χ2n) is 4.20. The molecule has 2 aromatic rings. The van der Waals surface area contributed by atoms with Crippen LogP contribution in [-0.2, 0) is 6.54 Å². The molecule has 0 saturated carbocycles. The molecule has 0 aliphatic carbocycles. The van der Waals surface area contributed by atoms with E-state index >= 15 is 0 Å². The third kappa shape index (κ3) is 2.76. The predicted octanol–water partition coefficient (Wildman–Crippen LogP) is 2.52. The lowest BCUT2D eigenvalue weighted by Crippen LogP contribution is -2.17. The summed E-state index contributed by atoms with van der Waals surface area (Å²) in [4.78, 5) is 2.00. The maximum atomic E-state index is 6.04. The molecule has 0 aliphatic rings. The lowest BCUT2D eigenvalue weighted by molar-refractivity contribution is 0.355. The van der Waals surface area contributed by atoms with Crippen molar-refractivity contribution in [3.05, 3.63) is 36.3 Å². The topological polar surface area (TPSA) is 60.9 Å². The van der Waals surface area contributed by atoms with Gasteiger partial charge < -0.3 is 24.5 Å². The molecule has 5 nitrogen and oxygen atoms in total. The Balaban J connectivity index is 2.28.